The van der Waals surface area contributed by atoms with Gasteiger partial charge in [-0.3, -0.25) is 0 Å². The van der Waals surface area contributed by atoms with Gasteiger partial charge in [0.1, 0.15) is 5.15 Å². The van der Waals surface area contributed by atoms with Gasteiger partial charge in [0.2, 0.25) is 0 Å². The van der Waals surface area contributed by atoms with Gasteiger partial charge in [-0.1, -0.05) is 17.7 Å². The number of aromatic nitrogens is 1. The number of pyridine rings is 1. The Labute approximate surface area is 82.8 Å². The number of aliphatic hydroxyl groups excluding tert-OH is 1. The van der Waals surface area contributed by atoms with E-state index in [9.17, 15) is 0 Å². The molecular formula is C9H13ClN2O. The van der Waals surface area contributed by atoms with E-state index < -0.39 is 0 Å². The molecule has 0 aromatic carbocycles. The normalized spacial score (nSPS) is 12.8. The lowest BCUT2D eigenvalue weighted by molar-refractivity contribution is 0.191. The monoisotopic (exact) mass is 200 g/mol. The van der Waals surface area contributed by atoms with Crippen LogP contribution >= 0.6 is 11.6 Å². The number of rotatable bonds is 4. The number of hydrogen-bond donors (Lipinski definition) is 2. The first-order valence-corrected chi connectivity index (χ1v) is 4.56. The average Bonchev–Trinajstić information content (AvgIpc) is 2.08. The van der Waals surface area contributed by atoms with E-state index in [1.54, 1.807) is 13.1 Å². The van der Waals surface area contributed by atoms with Crippen molar-refractivity contribution in [2.45, 2.75) is 19.6 Å². The summed E-state index contributed by atoms with van der Waals surface area (Å²) in [5.74, 6) is 0. The molecule has 3 nitrogen and oxygen atoms in total. The van der Waals surface area contributed by atoms with E-state index >= 15 is 0 Å². The maximum atomic E-state index is 8.99. The molecule has 2 N–H and O–H groups in total. The number of nitrogens with zero attached hydrogens (tertiary/aromatic N) is 1. The first-order valence-electron chi connectivity index (χ1n) is 4.18. The SMILES string of the molecule is C[C@@H](O)CNCc1cccnc1Cl. The fourth-order valence-corrected chi connectivity index (χ4v) is 1.15. The Balaban J connectivity index is 2.41. The summed E-state index contributed by atoms with van der Waals surface area (Å²) in [6.07, 6.45) is 1.32. The topological polar surface area (TPSA) is 45.1 Å². The second-order valence-corrected chi connectivity index (χ2v) is 3.29. The van der Waals surface area contributed by atoms with E-state index in [0.717, 1.165) is 5.56 Å². The summed E-state index contributed by atoms with van der Waals surface area (Å²) >= 11 is 5.83. The predicted molar refractivity (Wildman–Crippen MR) is 52.6 cm³/mol. The summed E-state index contributed by atoms with van der Waals surface area (Å²) < 4.78 is 0. The molecule has 72 valence electrons. The van der Waals surface area contributed by atoms with Crippen molar-refractivity contribution < 1.29 is 5.11 Å². The third-order valence-corrected chi connectivity index (χ3v) is 1.93. The van der Waals surface area contributed by atoms with E-state index in [2.05, 4.69) is 10.3 Å². The number of halogens is 1. The van der Waals surface area contributed by atoms with Crippen molar-refractivity contribution in [1.82, 2.24) is 10.3 Å². The molecule has 13 heavy (non-hydrogen) atoms. The van der Waals surface area contributed by atoms with Crippen molar-refractivity contribution in [3.05, 3.63) is 29.0 Å². The lowest BCUT2D eigenvalue weighted by Crippen LogP contribution is -2.24. The van der Waals surface area contributed by atoms with Crippen LogP contribution in [0.3, 0.4) is 0 Å². The standard InChI is InChI=1S/C9H13ClN2O/c1-7(13)5-11-6-8-3-2-4-12-9(8)10/h2-4,7,11,13H,5-6H2,1H3/t7-/m1/s1. The molecule has 0 aliphatic rings. The van der Waals surface area contributed by atoms with Gasteiger partial charge in [0.25, 0.3) is 0 Å². The molecule has 1 aromatic rings. The minimum Gasteiger partial charge on any atom is -0.392 e. The second-order valence-electron chi connectivity index (χ2n) is 2.93. The molecule has 0 spiro atoms. The highest BCUT2D eigenvalue weighted by atomic mass is 35.5. The zero-order chi connectivity index (χ0) is 9.68. The highest BCUT2D eigenvalue weighted by molar-refractivity contribution is 6.30. The molecule has 1 atom stereocenters. The second kappa shape index (κ2) is 5.17. The Hall–Kier alpha value is -0.640. The Bertz CT molecular complexity index is 266. The van der Waals surface area contributed by atoms with Crippen LogP contribution < -0.4 is 5.32 Å². The minimum absolute atomic E-state index is 0.338. The molecule has 0 unspecified atom stereocenters. The third-order valence-electron chi connectivity index (χ3n) is 1.59. The lowest BCUT2D eigenvalue weighted by Gasteiger charge is -2.07. The predicted octanol–water partition coefficient (Wildman–Crippen LogP) is 1.21. The first-order chi connectivity index (χ1) is 6.20. The van der Waals surface area contributed by atoms with E-state index in [0.29, 0.717) is 18.2 Å². The molecule has 0 fully saturated rings. The zero-order valence-electron chi connectivity index (χ0n) is 7.50. The molecule has 1 aromatic heterocycles. The Morgan fingerprint density at radius 3 is 3.08 bits per heavy atom. The van der Waals surface area contributed by atoms with Gasteiger partial charge in [-0.25, -0.2) is 4.98 Å². The molecule has 0 saturated carbocycles. The van der Waals surface area contributed by atoms with Crippen LogP contribution in [0.1, 0.15) is 12.5 Å². The van der Waals surface area contributed by atoms with Crippen LogP contribution in [0, 0.1) is 0 Å². The van der Waals surface area contributed by atoms with Crippen molar-refractivity contribution in [2.75, 3.05) is 6.54 Å². The van der Waals surface area contributed by atoms with Crippen LogP contribution in [0.2, 0.25) is 5.15 Å². The third kappa shape index (κ3) is 3.72. The van der Waals surface area contributed by atoms with Crippen LogP contribution in [0.4, 0.5) is 0 Å². The molecule has 1 rings (SSSR count). The Morgan fingerprint density at radius 1 is 1.69 bits per heavy atom. The molecule has 4 heteroatoms. The van der Waals surface area contributed by atoms with Crippen molar-refractivity contribution in [3.8, 4) is 0 Å². The van der Waals surface area contributed by atoms with Crippen molar-refractivity contribution in [1.29, 1.82) is 0 Å². The van der Waals surface area contributed by atoms with Crippen LogP contribution in [-0.2, 0) is 6.54 Å². The summed E-state index contributed by atoms with van der Waals surface area (Å²) in [6, 6.07) is 3.75. The smallest absolute Gasteiger partial charge is 0.133 e. The van der Waals surface area contributed by atoms with Crippen LogP contribution in [0.25, 0.3) is 0 Å². The molecule has 0 amide bonds. The average molecular weight is 201 g/mol. The van der Waals surface area contributed by atoms with Gasteiger partial charge in [0.05, 0.1) is 6.10 Å². The zero-order valence-corrected chi connectivity index (χ0v) is 8.25. The molecule has 0 bridgehead atoms. The van der Waals surface area contributed by atoms with Crippen molar-refractivity contribution in [2.24, 2.45) is 0 Å². The lowest BCUT2D eigenvalue weighted by atomic mass is 10.3. The van der Waals surface area contributed by atoms with Crippen LogP contribution in [0.5, 0.6) is 0 Å². The maximum absolute atomic E-state index is 8.99. The van der Waals surface area contributed by atoms with Crippen molar-refractivity contribution >= 4 is 11.6 Å². The van der Waals surface area contributed by atoms with Gasteiger partial charge in [-0.05, 0) is 13.0 Å². The van der Waals surface area contributed by atoms with E-state index in [4.69, 9.17) is 16.7 Å². The Morgan fingerprint density at radius 2 is 2.46 bits per heavy atom. The molecule has 0 aliphatic carbocycles. The highest BCUT2D eigenvalue weighted by Gasteiger charge is 2.00. The van der Waals surface area contributed by atoms with Gasteiger partial charge in [0.15, 0.2) is 0 Å². The molecule has 0 saturated heterocycles. The highest BCUT2D eigenvalue weighted by Crippen LogP contribution is 2.10. The Kier molecular flexibility index (Phi) is 4.15. The van der Waals surface area contributed by atoms with Crippen molar-refractivity contribution in [3.63, 3.8) is 0 Å². The van der Waals surface area contributed by atoms with Gasteiger partial charge < -0.3 is 10.4 Å². The molecular weight excluding hydrogens is 188 g/mol. The first kappa shape index (κ1) is 10.4. The van der Waals surface area contributed by atoms with E-state index in [1.165, 1.54) is 0 Å². The summed E-state index contributed by atoms with van der Waals surface area (Å²) in [6.45, 7) is 2.93. The number of hydrogen-bond acceptors (Lipinski definition) is 3. The largest absolute Gasteiger partial charge is 0.392 e. The molecule has 0 radical (unpaired) electrons. The van der Waals surface area contributed by atoms with Crippen LogP contribution in [0.15, 0.2) is 18.3 Å². The summed E-state index contributed by atoms with van der Waals surface area (Å²) in [5, 5.41) is 12.6. The quantitative estimate of drug-likeness (QED) is 0.719. The van der Waals surface area contributed by atoms with E-state index in [-0.39, 0.29) is 6.10 Å². The van der Waals surface area contributed by atoms with E-state index in [1.807, 2.05) is 12.1 Å². The van der Waals surface area contributed by atoms with Gasteiger partial charge in [-0.2, -0.15) is 0 Å². The number of nitrogens with one attached hydrogen (secondary N) is 1. The summed E-state index contributed by atoms with van der Waals surface area (Å²) in [7, 11) is 0. The van der Waals surface area contributed by atoms with Gasteiger partial charge >= 0.3 is 0 Å². The number of aliphatic hydroxyl groups is 1. The minimum atomic E-state index is -0.338. The van der Waals surface area contributed by atoms with Gasteiger partial charge in [0, 0.05) is 24.8 Å². The van der Waals surface area contributed by atoms with Gasteiger partial charge in [-0.15, -0.1) is 0 Å². The maximum Gasteiger partial charge on any atom is 0.133 e. The fourth-order valence-electron chi connectivity index (χ4n) is 0.967. The van der Waals surface area contributed by atoms with Crippen LogP contribution in [-0.4, -0.2) is 22.7 Å². The summed E-state index contributed by atoms with van der Waals surface area (Å²) in [4.78, 5) is 3.94. The summed E-state index contributed by atoms with van der Waals surface area (Å²) in [5.41, 5.74) is 0.949. The molecule has 1 heterocycles. The fraction of sp³-hybridized carbons (Fsp3) is 0.444. The molecule has 0 aliphatic heterocycles.